The summed E-state index contributed by atoms with van der Waals surface area (Å²) in [5.74, 6) is -0.110. The summed E-state index contributed by atoms with van der Waals surface area (Å²) in [5, 5.41) is 0.764. The monoisotopic (exact) mass is 283 g/mol. The average Bonchev–Trinajstić information content (AvgIpc) is 2.38. The summed E-state index contributed by atoms with van der Waals surface area (Å²) in [4.78, 5) is 13.6. The Kier molecular flexibility index (Phi) is 7.53. The van der Waals surface area contributed by atoms with E-state index >= 15 is 0 Å². The van der Waals surface area contributed by atoms with Gasteiger partial charge in [0.05, 0.1) is 6.61 Å². The van der Waals surface area contributed by atoms with Gasteiger partial charge in [-0.2, -0.15) is 0 Å². The van der Waals surface area contributed by atoms with Crippen LogP contribution in [0.25, 0.3) is 0 Å². The van der Waals surface area contributed by atoms with Gasteiger partial charge in [0, 0.05) is 18.0 Å². The van der Waals surface area contributed by atoms with Crippen LogP contribution in [0.2, 0.25) is 5.02 Å². The van der Waals surface area contributed by atoms with Crippen LogP contribution in [0.3, 0.4) is 0 Å². The minimum atomic E-state index is -0.110. The first-order valence-electron chi connectivity index (χ1n) is 6.78. The topological polar surface area (TPSA) is 29.5 Å². The molecule has 0 aromatic heterocycles. The average molecular weight is 284 g/mol. The summed E-state index contributed by atoms with van der Waals surface area (Å²) in [6, 6.07) is 7.89. The lowest BCUT2D eigenvalue weighted by molar-refractivity contribution is -0.143. The largest absolute Gasteiger partial charge is 0.466 e. The molecule has 0 atom stereocenters. The highest BCUT2D eigenvalue weighted by molar-refractivity contribution is 6.30. The lowest BCUT2D eigenvalue weighted by Crippen LogP contribution is -2.24. The molecule has 106 valence electrons. The van der Waals surface area contributed by atoms with Crippen LogP contribution in [-0.2, 0) is 16.1 Å². The van der Waals surface area contributed by atoms with Gasteiger partial charge in [0.2, 0.25) is 0 Å². The molecule has 0 spiro atoms. The van der Waals surface area contributed by atoms with Crippen LogP contribution in [-0.4, -0.2) is 30.6 Å². The van der Waals surface area contributed by atoms with Crippen LogP contribution >= 0.6 is 11.6 Å². The Hall–Kier alpha value is -1.06. The van der Waals surface area contributed by atoms with Gasteiger partial charge in [0.25, 0.3) is 0 Å². The summed E-state index contributed by atoms with van der Waals surface area (Å²) in [5.41, 5.74) is 1.20. The molecule has 0 aliphatic rings. The molecule has 0 unspecified atom stereocenters. The molecule has 0 saturated carbocycles. The summed E-state index contributed by atoms with van der Waals surface area (Å²) in [6.07, 6.45) is 1.31. The lowest BCUT2D eigenvalue weighted by Gasteiger charge is -2.20. The van der Waals surface area contributed by atoms with Gasteiger partial charge in [-0.25, -0.2) is 0 Å². The summed E-state index contributed by atoms with van der Waals surface area (Å²) < 4.78 is 4.92. The second-order valence-electron chi connectivity index (χ2n) is 4.41. The summed E-state index contributed by atoms with van der Waals surface area (Å²) in [7, 11) is 0. The molecule has 0 heterocycles. The number of benzene rings is 1. The predicted molar refractivity (Wildman–Crippen MR) is 78.3 cm³/mol. The molecular weight excluding hydrogens is 262 g/mol. The maximum atomic E-state index is 11.3. The molecule has 0 saturated heterocycles. The number of carbonyl (C=O) groups is 1. The minimum absolute atomic E-state index is 0.110. The fourth-order valence-corrected chi connectivity index (χ4v) is 2.14. The van der Waals surface area contributed by atoms with Crippen molar-refractivity contribution in [2.24, 2.45) is 0 Å². The van der Waals surface area contributed by atoms with E-state index in [0.717, 1.165) is 31.1 Å². The molecule has 1 aromatic carbocycles. The van der Waals surface area contributed by atoms with Crippen molar-refractivity contribution in [3.8, 4) is 0 Å². The number of nitrogens with zero attached hydrogens (tertiary/aromatic N) is 1. The Bertz CT molecular complexity index is 395. The van der Waals surface area contributed by atoms with Gasteiger partial charge in [0.1, 0.15) is 0 Å². The van der Waals surface area contributed by atoms with Gasteiger partial charge in [-0.15, -0.1) is 0 Å². The van der Waals surface area contributed by atoms with Crippen LogP contribution < -0.4 is 0 Å². The number of rotatable bonds is 8. The van der Waals surface area contributed by atoms with Crippen molar-refractivity contribution in [1.29, 1.82) is 0 Å². The molecule has 1 aromatic rings. The van der Waals surface area contributed by atoms with Crippen LogP contribution in [0.5, 0.6) is 0 Å². The molecule has 3 nitrogen and oxygen atoms in total. The van der Waals surface area contributed by atoms with Crippen molar-refractivity contribution in [3.63, 3.8) is 0 Å². The fourth-order valence-electron chi connectivity index (χ4n) is 1.92. The lowest BCUT2D eigenvalue weighted by atomic mass is 10.2. The smallest absolute Gasteiger partial charge is 0.305 e. The van der Waals surface area contributed by atoms with E-state index in [1.165, 1.54) is 5.56 Å². The second-order valence-corrected chi connectivity index (χ2v) is 4.84. The number of halogens is 1. The standard InChI is InChI=1S/C15H22ClNO2/c1-3-17(10-6-9-15(18)19-4-2)12-13-7-5-8-14(16)11-13/h5,7-8,11H,3-4,6,9-10,12H2,1-2H3. The van der Waals surface area contributed by atoms with Crippen LogP contribution in [0.4, 0.5) is 0 Å². The third kappa shape index (κ3) is 6.60. The van der Waals surface area contributed by atoms with Crippen molar-refractivity contribution >= 4 is 17.6 Å². The van der Waals surface area contributed by atoms with E-state index < -0.39 is 0 Å². The number of esters is 1. The van der Waals surface area contributed by atoms with Crippen molar-refractivity contribution in [2.75, 3.05) is 19.7 Å². The molecule has 1 rings (SSSR count). The van der Waals surface area contributed by atoms with Crippen molar-refractivity contribution in [3.05, 3.63) is 34.9 Å². The van der Waals surface area contributed by atoms with Crippen LogP contribution in [0.15, 0.2) is 24.3 Å². The maximum absolute atomic E-state index is 11.3. The molecule has 0 fully saturated rings. The predicted octanol–water partition coefficient (Wildman–Crippen LogP) is 3.51. The molecule has 0 amide bonds. The van der Waals surface area contributed by atoms with E-state index in [9.17, 15) is 4.79 Å². The molecule has 4 heteroatoms. The second kappa shape index (κ2) is 8.94. The molecule has 0 radical (unpaired) electrons. The first kappa shape index (κ1) is 16.0. The van der Waals surface area contributed by atoms with Gasteiger partial charge >= 0.3 is 5.97 Å². The van der Waals surface area contributed by atoms with E-state index in [2.05, 4.69) is 17.9 Å². The van der Waals surface area contributed by atoms with Gasteiger partial charge < -0.3 is 4.74 Å². The number of hydrogen-bond acceptors (Lipinski definition) is 3. The zero-order valence-electron chi connectivity index (χ0n) is 11.7. The summed E-state index contributed by atoms with van der Waals surface area (Å²) in [6.45, 7) is 7.11. The normalized spacial score (nSPS) is 10.7. The molecule has 0 aliphatic heterocycles. The molecule has 0 bridgehead atoms. The van der Waals surface area contributed by atoms with E-state index in [1.807, 2.05) is 25.1 Å². The van der Waals surface area contributed by atoms with Crippen molar-refractivity contribution < 1.29 is 9.53 Å². The van der Waals surface area contributed by atoms with Gasteiger partial charge in [-0.3, -0.25) is 9.69 Å². The molecule has 0 N–H and O–H groups in total. The van der Waals surface area contributed by atoms with Crippen molar-refractivity contribution in [1.82, 2.24) is 4.90 Å². The van der Waals surface area contributed by atoms with Crippen LogP contribution in [0, 0.1) is 0 Å². The molecule has 0 aliphatic carbocycles. The van der Waals surface area contributed by atoms with E-state index in [0.29, 0.717) is 13.0 Å². The highest BCUT2D eigenvalue weighted by atomic mass is 35.5. The Morgan fingerprint density at radius 3 is 2.79 bits per heavy atom. The fraction of sp³-hybridized carbons (Fsp3) is 0.533. The van der Waals surface area contributed by atoms with Crippen LogP contribution in [0.1, 0.15) is 32.3 Å². The highest BCUT2D eigenvalue weighted by Crippen LogP contribution is 2.13. The Balaban J connectivity index is 2.35. The summed E-state index contributed by atoms with van der Waals surface area (Å²) >= 11 is 5.97. The SMILES string of the molecule is CCOC(=O)CCCN(CC)Cc1cccc(Cl)c1. The minimum Gasteiger partial charge on any atom is -0.466 e. The first-order valence-corrected chi connectivity index (χ1v) is 7.16. The Morgan fingerprint density at radius 1 is 1.37 bits per heavy atom. The van der Waals surface area contributed by atoms with E-state index in [-0.39, 0.29) is 5.97 Å². The van der Waals surface area contributed by atoms with Crippen molar-refractivity contribution in [2.45, 2.75) is 33.2 Å². The van der Waals surface area contributed by atoms with E-state index in [1.54, 1.807) is 0 Å². The highest BCUT2D eigenvalue weighted by Gasteiger charge is 2.06. The third-order valence-electron chi connectivity index (χ3n) is 2.90. The third-order valence-corrected chi connectivity index (χ3v) is 3.14. The van der Waals surface area contributed by atoms with Gasteiger partial charge in [0.15, 0.2) is 0 Å². The Morgan fingerprint density at radius 2 is 2.16 bits per heavy atom. The molecular formula is C15H22ClNO2. The quantitative estimate of drug-likeness (QED) is 0.684. The van der Waals surface area contributed by atoms with Gasteiger partial charge in [-0.1, -0.05) is 30.7 Å². The number of ether oxygens (including phenoxy) is 1. The number of hydrogen-bond donors (Lipinski definition) is 0. The zero-order valence-corrected chi connectivity index (χ0v) is 12.4. The van der Waals surface area contributed by atoms with Gasteiger partial charge in [-0.05, 0) is 44.1 Å². The Labute approximate surface area is 120 Å². The molecule has 19 heavy (non-hydrogen) atoms. The maximum Gasteiger partial charge on any atom is 0.305 e. The van der Waals surface area contributed by atoms with E-state index in [4.69, 9.17) is 16.3 Å². The zero-order chi connectivity index (χ0) is 14.1. The number of carbonyl (C=O) groups excluding carboxylic acids is 1. The first-order chi connectivity index (χ1) is 9.15.